The number of nitro benzene ring substituents is 1. The molecule has 3 aromatic rings. The number of nitro groups is 1. The lowest BCUT2D eigenvalue weighted by atomic mass is 10.1. The summed E-state index contributed by atoms with van der Waals surface area (Å²) in [5, 5.41) is 17.8. The average molecular weight is 520 g/mol. The molecule has 9 nitrogen and oxygen atoms in total. The van der Waals surface area contributed by atoms with Gasteiger partial charge in [-0.2, -0.15) is 5.10 Å². The Hall–Kier alpha value is -3.41. The molecule has 1 amide bonds. The van der Waals surface area contributed by atoms with Gasteiger partial charge in [0.25, 0.3) is 11.6 Å². The van der Waals surface area contributed by atoms with Crippen LogP contribution in [0.5, 0.6) is 5.75 Å². The van der Waals surface area contributed by atoms with Gasteiger partial charge in [-0.25, -0.2) is 5.43 Å². The van der Waals surface area contributed by atoms with Gasteiger partial charge in [-0.15, -0.1) is 0 Å². The zero-order valence-corrected chi connectivity index (χ0v) is 18.0. The zero-order chi connectivity index (χ0) is 21.5. The molecule has 0 fully saturated rings. The number of hydrazone groups is 1. The fourth-order valence-corrected chi connectivity index (χ4v) is 2.88. The summed E-state index contributed by atoms with van der Waals surface area (Å²) in [7, 11) is 1.42. The fourth-order valence-electron chi connectivity index (χ4n) is 2.52. The summed E-state index contributed by atoms with van der Waals surface area (Å²) in [5.41, 5.74) is 3.73. The van der Waals surface area contributed by atoms with Crippen LogP contribution in [-0.4, -0.2) is 30.7 Å². The summed E-state index contributed by atoms with van der Waals surface area (Å²) in [4.78, 5) is 22.3. The highest BCUT2D eigenvalue weighted by Crippen LogP contribution is 2.34. The van der Waals surface area contributed by atoms with Gasteiger partial charge in [-0.1, -0.05) is 0 Å². The van der Waals surface area contributed by atoms with E-state index in [0.29, 0.717) is 22.8 Å². The molecule has 2 N–H and O–H groups in total. The van der Waals surface area contributed by atoms with Crippen LogP contribution in [0.15, 0.2) is 64.1 Å². The molecule has 0 aliphatic carbocycles. The molecular weight excluding hydrogens is 503 g/mol. The van der Waals surface area contributed by atoms with E-state index in [2.05, 4.69) is 38.4 Å². The van der Waals surface area contributed by atoms with Crippen molar-refractivity contribution in [3.05, 3.63) is 74.0 Å². The van der Waals surface area contributed by atoms with Crippen LogP contribution in [0.4, 0.5) is 11.4 Å². The SMILES string of the molecule is COc1cc([N+](=O)[O-])ccc1-c1ccc(/C=N\NC(=O)CNc2ccc(I)cc2)o1. The van der Waals surface area contributed by atoms with Gasteiger partial charge >= 0.3 is 0 Å². The number of nitrogens with one attached hydrogen (secondary N) is 2. The molecule has 0 saturated heterocycles. The summed E-state index contributed by atoms with van der Waals surface area (Å²) in [6.45, 7) is 0.0708. The smallest absolute Gasteiger partial charge is 0.273 e. The van der Waals surface area contributed by atoms with Gasteiger partial charge in [0.05, 0.1) is 36.4 Å². The number of ether oxygens (including phenoxy) is 1. The standard InChI is InChI=1S/C20H17IN4O5/c1-29-19-10-15(25(27)28)6-8-17(19)18-9-7-16(30-18)11-23-24-20(26)12-22-14-4-2-13(21)3-5-14/h2-11,22H,12H2,1H3,(H,24,26)/b23-11-. The molecule has 0 saturated carbocycles. The maximum atomic E-state index is 11.9. The predicted molar refractivity (Wildman–Crippen MR) is 121 cm³/mol. The first-order valence-corrected chi connectivity index (χ1v) is 9.78. The van der Waals surface area contributed by atoms with E-state index >= 15 is 0 Å². The van der Waals surface area contributed by atoms with Crippen molar-refractivity contribution < 1.29 is 18.9 Å². The van der Waals surface area contributed by atoms with Crippen molar-refractivity contribution in [3.8, 4) is 17.1 Å². The summed E-state index contributed by atoms with van der Waals surface area (Å²) in [6.07, 6.45) is 1.37. The van der Waals surface area contributed by atoms with Gasteiger partial charge in [-0.05, 0) is 65.1 Å². The minimum Gasteiger partial charge on any atom is -0.496 e. The highest BCUT2D eigenvalue weighted by molar-refractivity contribution is 14.1. The second-order valence-electron chi connectivity index (χ2n) is 6.00. The van der Waals surface area contributed by atoms with E-state index in [1.807, 2.05) is 24.3 Å². The number of furan rings is 1. The monoisotopic (exact) mass is 520 g/mol. The minimum atomic E-state index is -0.497. The van der Waals surface area contributed by atoms with E-state index in [9.17, 15) is 14.9 Å². The van der Waals surface area contributed by atoms with Crippen LogP contribution < -0.4 is 15.5 Å². The molecule has 0 bridgehead atoms. The molecule has 0 aliphatic rings. The lowest BCUT2D eigenvalue weighted by Gasteiger charge is -2.05. The molecule has 0 atom stereocenters. The van der Waals surface area contributed by atoms with Gasteiger partial charge in [0, 0.05) is 15.3 Å². The zero-order valence-electron chi connectivity index (χ0n) is 15.8. The van der Waals surface area contributed by atoms with Crippen LogP contribution in [0.25, 0.3) is 11.3 Å². The molecule has 0 radical (unpaired) electrons. The molecule has 0 aliphatic heterocycles. The van der Waals surface area contributed by atoms with E-state index in [1.54, 1.807) is 18.2 Å². The minimum absolute atomic E-state index is 0.0708. The third-order valence-electron chi connectivity index (χ3n) is 3.97. The molecule has 154 valence electrons. The second-order valence-corrected chi connectivity index (χ2v) is 7.24. The van der Waals surface area contributed by atoms with Gasteiger partial charge in [0.2, 0.25) is 0 Å². The van der Waals surface area contributed by atoms with Crippen molar-refractivity contribution in [2.75, 3.05) is 19.0 Å². The highest BCUT2D eigenvalue weighted by atomic mass is 127. The number of non-ortho nitro benzene ring substituents is 1. The Balaban J connectivity index is 1.58. The van der Waals surface area contributed by atoms with Gasteiger partial charge in [0.1, 0.15) is 17.3 Å². The first-order valence-electron chi connectivity index (χ1n) is 8.70. The largest absolute Gasteiger partial charge is 0.496 e. The average Bonchev–Trinajstić information content (AvgIpc) is 3.21. The van der Waals surface area contributed by atoms with Gasteiger partial charge < -0.3 is 14.5 Å². The van der Waals surface area contributed by atoms with Crippen molar-refractivity contribution in [2.24, 2.45) is 5.10 Å². The Labute approximate surface area is 185 Å². The number of hydrogen-bond donors (Lipinski definition) is 2. The summed E-state index contributed by atoms with van der Waals surface area (Å²) in [5.74, 6) is 0.858. The quantitative estimate of drug-likeness (QED) is 0.200. The van der Waals surface area contributed by atoms with Crippen LogP contribution in [0.3, 0.4) is 0 Å². The maximum Gasteiger partial charge on any atom is 0.273 e. The van der Waals surface area contributed by atoms with E-state index in [4.69, 9.17) is 9.15 Å². The van der Waals surface area contributed by atoms with Crippen LogP contribution >= 0.6 is 22.6 Å². The number of halogens is 1. The van der Waals surface area contributed by atoms with Crippen LogP contribution in [0.2, 0.25) is 0 Å². The summed E-state index contributed by atoms with van der Waals surface area (Å²) < 4.78 is 12.0. The molecule has 0 unspecified atom stereocenters. The molecule has 1 heterocycles. The van der Waals surface area contributed by atoms with Crippen LogP contribution in [0, 0.1) is 13.7 Å². The molecule has 2 aromatic carbocycles. The Morgan fingerprint density at radius 3 is 2.70 bits per heavy atom. The molecule has 10 heteroatoms. The third-order valence-corrected chi connectivity index (χ3v) is 4.69. The fraction of sp³-hybridized carbons (Fsp3) is 0.100. The van der Waals surface area contributed by atoms with E-state index in [-0.39, 0.29) is 18.1 Å². The molecule has 30 heavy (non-hydrogen) atoms. The molecule has 0 spiro atoms. The number of anilines is 1. The Bertz CT molecular complexity index is 1080. The molecule has 3 rings (SSSR count). The maximum absolute atomic E-state index is 11.9. The highest BCUT2D eigenvalue weighted by Gasteiger charge is 2.15. The van der Waals surface area contributed by atoms with Gasteiger partial charge in [0.15, 0.2) is 0 Å². The molecule has 1 aromatic heterocycles. The lowest BCUT2D eigenvalue weighted by molar-refractivity contribution is -0.384. The second kappa shape index (κ2) is 9.87. The number of hydrogen-bond acceptors (Lipinski definition) is 7. The van der Waals surface area contributed by atoms with Crippen molar-refractivity contribution >= 4 is 46.1 Å². The number of nitrogens with zero attached hydrogens (tertiary/aromatic N) is 2. The first-order chi connectivity index (χ1) is 14.5. The Morgan fingerprint density at radius 2 is 2.00 bits per heavy atom. The number of carbonyl (C=O) groups is 1. The Morgan fingerprint density at radius 1 is 1.23 bits per heavy atom. The van der Waals surface area contributed by atoms with Crippen molar-refractivity contribution in [2.45, 2.75) is 0 Å². The van der Waals surface area contributed by atoms with Crippen LogP contribution in [-0.2, 0) is 4.79 Å². The van der Waals surface area contributed by atoms with E-state index < -0.39 is 4.92 Å². The van der Waals surface area contributed by atoms with E-state index in [0.717, 1.165) is 9.26 Å². The summed E-state index contributed by atoms with van der Waals surface area (Å²) >= 11 is 2.21. The van der Waals surface area contributed by atoms with Crippen molar-refractivity contribution in [3.63, 3.8) is 0 Å². The van der Waals surface area contributed by atoms with Crippen LogP contribution in [0.1, 0.15) is 5.76 Å². The number of amides is 1. The first kappa shape index (κ1) is 21.3. The normalized spacial score (nSPS) is 10.7. The lowest BCUT2D eigenvalue weighted by Crippen LogP contribution is -2.25. The Kier molecular flexibility index (Phi) is 7.01. The number of rotatable bonds is 8. The third kappa shape index (κ3) is 5.56. The summed E-state index contributed by atoms with van der Waals surface area (Å²) in [6, 6.07) is 15.2. The number of methoxy groups -OCH3 is 1. The van der Waals surface area contributed by atoms with Crippen molar-refractivity contribution in [1.82, 2.24) is 5.43 Å². The number of benzene rings is 2. The number of carbonyl (C=O) groups excluding carboxylic acids is 1. The topological polar surface area (TPSA) is 119 Å². The molecular formula is C20H17IN4O5. The van der Waals surface area contributed by atoms with Gasteiger partial charge in [-0.3, -0.25) is 14.9 Å². The van der Waals surface area contributed by atoms with E-state index in [1.165, 1.54) is 25.5 Å². The van der Waals surface area contributed by atoms with Crippen molar-refractivity contribution in [1.29, 1.82) is 0 Å². The predicted octanol–water partition coefficient (Wildman–Crippen LogP) is 4.03.